The molecule has 2 aliphatic rings. The van der Waals surface area contributed by atoms with Crippen LogP contribution < -0.4 is 9.47 Å². The van der Waals surface area contributed by atoms with Gasteiger partial charge in [0.25, 0.3) is 0 Å². The Hall–Kier alpha value is -2.54. The summed E-state index contributed by atoms with van der Waals surface area (Å²) in [5.74, 6) is 1.74. The first-order chi connectivity index (χ1) is 11.7. The minimum absolute atomic E-state index is 0.209. The average molecular weight is 328 g/mol. The summed E-state index contributed by atoms with van der Waals surface area (Å²) in [5, 5.41) is 7.30. The molecule has 0 unspecified atom stereocenters. The molecular weight excluding hydrogens is 308 g/mol. The van der Waals surface area contributed by atoms with Crippen molar-refractivity contribution in [1.29, 1.82) is 0 Å². The molecule has 0 bridgehead atoms. The van der Waals surface area contributed by atoms with Crippen LogP contribution in [0.5, 0.6) is 11.5 Å². The fourth-order valence-electron chi connectivity index (χ4n) is 3.10. The van der Waals surface area contributed by atoms with Gasteiger partial charge >= 0.3 is 0 Å². The predicted molar refractivity (Wildman–Crippen MR) is 87.7 cm³/mol. The van der Waals surface area contributed by atoms with Gasteiger partial charge in [-0.3, -0.25) is 14.8 Å². The van der Waals surface area contributed by atoms with E-state index in [1.54, 1.807) is 4.90 Å². The lowest BCUT2D eigenvalue weighted by molar-refractivity contribution is -0.129. The lowest BCUT2D eigenvalue weighted by Gasteiger charge is -2.19. The lowest BCUT2D eigenvalue weighted by Crippen LogP contribution is -2.29. The van der Waals surface area contributed by atoms with E-state index in [4.69, 9.17) is 9.47 Å². The number of carbonyl (C=O) groups excluding carboxylic acids is 1. The maximum atomic E-state index is 11.8. The highest BCUT2D eigenvalue weighted by molar-refractivity contribution is 5.76. The number of rotatable bonds is 3. The Morgan fingerprint density at radius 2 is 2.08 bits per heavy atom. The normalized spacial score (nSPS) is 18.0. The fourth-order valence-corrected chi connectivity index (χ4v) is 3.10. The quantitative estimate of drug-likeness (QED) is 0.924. The molecule has 126 valence electrons. The van der Waals surface area contributed by atoms with E-state index in [-0.39, 0.29) is 12.7 Å². The Bertz CT molecular complexity index is 758. The molecule has 3 heterocycles. The Morgan fingerprint density at radius 3 is 3.00 bits per heavy atom. The third kappa shape index (κ3) is 2.82. The number of nitrogens with one attached hydrogen (secondary N) is 1. The molecule has 0 saturated carbocycles. The van der Waals surface area contributed by atoms with Gasteiger partial charge < -0.3 is 14.4 Å². The summed E-state index contributed by atoms with van der Waals surface area (Å²) in [4.78, 5) is 15.9. The number of amides is 1. The van der Waals surface area contributed by atoms with Gasteiger partial charge in [0.15, 0.2) is 11.5 Å². The van der Waals surface area contributed by atoms with Crippen molar-refractivity contribution in [3.05, 3.63) is 30.0 Å². The van der Waals surface area contributed by atoms with E-state index in [2.05, 4.69) is 15.1 Å². The molecule has 0 aliphatic carbocycles. The molecule has 1 N–H and O–H groups in total. The topological polar surface area (TPSA) is 70.7 Å². The summed E-state index contributed by atoms with van der Waals surface area (Å²) < 4.78 is 10.8. The van der Waals surface area contributed by atoms with Crippen molar-refractivity contribution in [3.8, 4) is 22.8 Å². The van der Waals surface area contributed by atoms with E-state index in [1.807, 2.05) is 31.4 Å². The third-order valence-electron chi connectivity index (χ3n) is 4.59. The van der Waals surface area contributed by atoms with Crippen molar-refractivity contribution in [1.82, 2.24) is 20.0 Å². The zero-order valence-electron chi connectivity index (χ0n) is 13.6. The third-order valence-corrected chi connectivity index (χ3v) is 4.59. The van der Waals surface area contributed by atoms with E-state index in [1.165, 1.54) is 0 Å². The van der Waals surface area contributed by atoms with Crippen LogP contribution in [0.4, 0.5) is 0 Å². The van der Waals surface area contributed by atoms with Crippen LogP contribution in [0.3, 0.4) is 0 Å². The number of benzene rings is 1. The molecule has 4 rings (SSSR count). The molecule has 1 saturated heterocycles. The van der Waals surface area contributed by atoms with Gasteiger partial charge in [0, 0.05) is 50.8 Å². The smallest absolute Gasteiger partial charge is 0.231 e. The number of H-pyrrole nitrogens is 1. The number of hydrogen-bond acceptors (Lipinski definition) is 5. The highest BCUT2D eigenvalue weighted by atomic mass is 16.7. The van der Waals surface area contributed by atoms with Crippen molar-refractivity contribution in [3.63, 3.8) is 0 Å². The summed E-state index contributed by atoms with van der Waals surface area (Å²) in [7, 11) is 1.86. The molecule has 1 aromatic heterocycles. The van der Waals surface area contributed by atoms with Crippen LogP contribution in [0.2, 0.25) is 0 Å². The SMILES string of the molecule is CN1CCN(Cc2cn[nH]c2-c2ccc3c(c2)OCO3)CCC1=O. The van der Waals surface area contributed by atoms with Gasteiger partial charge in [0.1, 0.15) is 0 Å². The standard InChI is InChI=1S/C17H20N4O3/c1-20-6-7-21(5-4-16(20)22)10-13-9-18-19-17(13)12-2-3-14-15(8-12)24-11-23-14/h2-3,8-9H,4-7,10-11H2,1H3,(H,18,19). The average Bonchev–Trinajstić information content (AvgIpc) is 3.21. The largest absolute Gasteiger partial charge is 0.454 e. The maximum absolute atomic E-state index is 11.8. The summed E-state index contributed by atoms with van der Waals surface area (Å²) >= 11 is 0. The van der Waals surface area contributed by atoms with Gasteiger partial charge in [-0.25, -0.2) is 0 Å². The fraction of sp³-hybridized carbons (Fsp3) is 0.412. The van der Waals surface area contributed by atoms with Crippen LogP contribution >= 0.6 is 0 Å². The second-order valence-electron chi connectivity index (χ2n) is 6.18. The molecule has 0 spiro atoms. The van der Waals surface area contributed by atoms with E-state index < -0.39 is 0 Å². The van der Waals surface area contributed by atoms with Gasteiger partial charge in [-0.05, 0) is 18.2 Å². The molecular formula is C17H20N4O3. The monoisotopic (exact) mass is 328 g/mol. The first-order valence-corrected chi connectivity index (χ1v) is 8.09. The lowest BCUT2D eigenvalue weighted by atomic mass is 10.1. The Labute approximate surface area is 140 Å². The predicted octanol–water partition coefficient (Wildman–Crippen LogP) is 1.47. The number of fused-ring (bicyclic) bond motifs is 1. The van der Waals surface area contributed by atoms with Gasteiger partial charge in [0.2, 0.25) is 12.7 Å². The van der Waals surface area contributed by atoms with E-state index in [9.17, 15) is 4.79 Å². The Kier molecular flexibility index (Phi) is 3.86. The van der Waals surface area contributed by atoms with Gasteiger partial charge in [-0.15, -0.1) is 0 Å². The molecule has 1 amide bonds. The van der Waals surface area contributed by atoms with Crippen molar-refractivity contribution in [2.75, 3.05) is 33.5 Å². The number of nitrogens with zero attached hydrogens (tertiary/aromatic N) is 3. The molecule has 7 heteroatoms. The summed E-state index contributed by atoms with van der Waals surface area (Å²) in [6.45, 7) is 3.43. The Morgan fingerprint density at radius 1 is 1.21 bits per heavy atom. The number of hydrogen-bond donors (Lipinski definition) is 1. The second-order valence-corrected chi connectivity index (χ2v) is 6.18. The number of ether oxygens (including phenoxy) is 2. The maximum Gasteiger partial charge on any atom is 0.231 e. The molecule has 1 fully saturated rings. The molecule has 2 aliphatic heterocycles. The summed E-state index contributed by atoms with van der Waals surface area (Å²) in [6.07, 6.45) is 2.42. The Balaban J connectivity index is 1.53. The van der Waals surface area contributed by atoms with Crippen LogP contribution in [0.1, 0.15) is 12.0 Å². The van der Waals surface area contributed by atoms with Crippen molar-refractivity contribution >= 4 is 5.91 Å². The molecule has 0 atom stereocenters. The van der Waals surface area contributed by atoms with Crippen LogP contribution in [-0.4, -0.2) is 59.4 Å². The zero-order chi connectivity index (χ0) is 16.5. The van der Waals surface area contributed by atoms with Crippen molar-refractivity contribution < 1.29 is 14.3 Å². The minimum Gasteiger partial charge on any atom is -0.454 e. The van der Waals surface area contributed by atoms with Crippen LogP contribution in [-0.2, 0) is 11.3 Å². The van der Waals surface area contributed by atoms with Crippen molar-refractivity contribution in [2.24, 2.45) is 0 Å². The first kappa shape index (κ1) is 15.0. The van der Waals surface area contributed by atoms with Gasteiger partial charge in [0.05, 0.1) is 11.9 Å². The van der Waals surface area contributed by atoms with Crippen LogP contribution in [0.15, 0.2) is 24.4 Å². The summed E-state index contributed by atoms with van der Waals surface area (Å²) in [5.41, 5.74) is 3.12. The highest BCUT2D eigenvalue weighted by Gasteiger charge is 2.20. The minimum atomic E-state index is 0.209. The van der Waals surface area contributed by atoms with Crippen LogP contribution in [0, 0.1) is 0 Å². The first-order valence-electron chi connectivity index (χ1n) is 8.09. The number of aromatic amines is 1. The highest BCUT2D eigenvalue weighted by Crippen LogP contribution is 2.36. The van der Waals surface area contributed by atoms with Gasteiger partial charge in [-0.2, -0.15) is 5.10 Å². The van der Waals surface area contributed by atoms with Crippen LogP contribution in [0.25, 0.3) is 11.3 Å². The molecule has 1 aromatic carbocycles. The molecule has 24 heavy (non-hydrogen) atoms. The molecule has 7 nitrogen and oxygen atoms in total. The molecule has 0 radical (unpaired) electrons. The molecule has 2 aromatic rings. The van der Waals surface area contributed by atoms with E-state index in [0.717, 1.165) is 54.5 Å². The number of aromatic nitrogens is 2. The van der Waals surface area contributed by atoms with Gasteiger partial charge in [-0.1, -0.05) is 0 Å². The van der Waals surface area contributed by atoms with Crippen molar-refractivity contribution in [2.45, 2.75) is 13.0 Å². The van der Waals surface area contributed by atoms with E-state index >= 15 is 0 Å². The van der Waals surface area contributed by atoms with E-state index in [0.29, 0.717) is 6.42 Å². The zero-order valence-corrected chi connectivity index (χ0v) is 13.6. The number of carbonyl (C=O) groups is 1. The second kappa shape index (κ2) is 6.16. The summed E-state index contributed by atoms with van der Waals surface area (Å²) in [6, 6.07) is 5.89. The number of likely N-dealkylation sites (N-methyl/N-ethyl adjacent to an activating group) is 1.